The number of ether oxygens (including phenoxy) is 1. The summed E-state index contributed by atoms with van der Waals surface area (Å²) in [6.45, 7) is 2.81. The number of hydrogen-bond donors (Lipinski definition) is 0. The normalized spacial score (nSPS) is 20.9. The van der Waals surface area contributed by atoms with Crippen molar-refractivity contribution in [3.63, 3.8) is 0 Å². The molecule has 0 aromatic carbocycles. The number of aromatic nitrogens is 1. The van der Waals surface area contributed by atoms with Gasteiger partial charge in [0, 0.05) is 6.20 Å². The molecule has 2 rings (SSSR count). The number of rotatable bonds is 1. The van der Waals surface area contributed by atoms with Crippen LogP contribution in [0.5, 0.6) is 0 Å². The average molecular weight is 161 g/mol. The zero-order chi connectivity index (χ0) is 8.39. The van der Waals surface area contributed by atoms with Gasteiger partial charge >= 0.3 is 0 Å². The largest absolute Gasteiger partial charge is 0.500 e. The molecule has 0 saturated heterocycles. The molecule has 1 atom stereocenters. The molecule has 0 N–H and O–H groups in total. The van der Waals surface area contributed by atoms with E-state index in [1.807, 2.05) is 18.3 Å². The van der Waals surface area contributed by atoms with Crippen molar-refractivity contribution in [2.24, 2.45) is 0 Å². The molecule has 0 fully saturated rings. The molecular formula is C10H11NO. The highest BCUT2D eigenvalue weighted by atomic mass is 16.5. The van der Waals surface area contributed by atoms with Crippen LogP contribution in [0.1, 0.15) is 17.2 Å². The Hall–Kier alpha value is -1.31. The van der Waals surface area contributed by atoms with Crippen molar-refractivity contribution < 1.29 is 4.74 Å². The van der Waals surface area contributed by atoms with Crippen LogP contribution in [0.25, 0.3) is 0 Å². The van der Waals surface area contributed by atoms with E-state index < -0.39 is 0 Å². The topological polar surface area (TPSA) is 22.1 Å². The molecule has 0 bridgehead atoms. The van der Waals surface area contributed by atoms with Crippen LogP contribution in [-0.4, -0.2) is 11.6 Å². The highest BCUT2D eigenvalue weighted by Gasteiger charge is 2.13. The molecule has 0 aliphatic carbocycles. The van der Waals surface area contributed by atoms with Gasteiger partial charge in [0.1, 0.15) is 0 Å². The van der Waals surface area contributed by atoms with E-state index >= 15 is 0 Å². The Bertz CT molecular complexity index is 306. The Morgan fingerprint density at radius 1 is 1.58 bits per heavy atom. The molecule has 1 aromatic heterocycles. The molecule has 0 radical (unpaired) electrons. The Balaban J connectivity index is 2.27. The minimum absolute atomic E-state index is 0.352. The molecule has 2 nitrogen and oxygen atoms in total. The summed E-state index contributed by atoms with van der Waals surface area (Å²) < 4.78 is 5.13. The van der Waals surface area contributed by atoms with Gasteiger partial charge in [-0.25, -0.2) is 0 Å². The molecule has 1 unspecified atom stereocenters. The molecule has 0 saturated carbocycles. The van der Waals surface area contributed by atoms with Crippen LogP contribution in [-0.2, 0) is 4.74 Å². The van der Waals surface area contributed by atoms with Gasteiger partial charge in [-0.05, 0) is 30.7 Å². The van der Waals surface area contributed by atoms with Crippen LogP contribution in [0.4, 0.5) is 0 Å². The molecule has 0 spiro atoms. The predicted molar refractivity (Wildman–Crippen MR) is 46.8 cm³/mol. The maximum Gasteiger partial charge on any atom is 0.0992 e. The van der Waals surface area contributed by atoms with Crippen molar-refractivity contribution >= 4 is 0 Å². The third-order valence-electron chi connectivity index (χ3n) is 2.00. The van der Waals surface area contributed by atoms with Crippen LogP contribution in [0.2, 0.25) is 0 Å². The standard InChI is InChI=1S/C10H11NO/c1-8-2-4-11-10(6-8)9-3-5-12-7-9/h2-6,9H,7H2,1H3. The maximum atomic E-state index is 5.13. The number of aryl methyl sites for hydroxylation is 1. The molecule has 2 heterocycles. The summed E-state index contributed by atoms with van der Waals surface area (Å²) in [5, 5.41) is 0. The van der Waals surface area contributed by atoms with Crippen molar-refractivity contribution in [1.82, 2.24) is 4.98 Å². The highest BCUT2D eigenvalue weighted by Crippen LogP contribution is 2.20. The van der Waals surface area contributed by atoms with Crippen molar-refractivity contribution in [3.8, 4) is 0 Å². The quantitative estimate of drug-likeness (QED) is 0.628. The van der Waals surface area contributed by atoms with Crippen LogP contribution in [0, 0.1) is 6.92 Å². The van der Waals surface area contributed by atoms with Crippen LogP contribution < -0.4 is 0 Å². The van der Waals surface area contributed by atoms with Gasteiger partial charge in [-0.1, -0.05) is 0 Å². The molecular weight excluding hydrogens is 150 g/mol. The number of nitrogens with zero attached hydrogens (tertiary/aromatic N) is 1. The van der Waals surface area contributed by atoms with Gasteiger partial charge in [0.25, 0.3) is 0 Å². The van der Waals surface area contributed by atoms with Gasteiger partial charge in [-0.2, -0.15) is 0 Å². The Kier molecular flexibility index (Phi) is 1.82. The van der Waals surface area contributed by atoms with Gasteiger partial charge < -0.3 is 4.74 Å². The van der Waals surface area contributed by atoms with Crippen molar-refractivity contribution in [2.75, 3.05) is 6.61 Å². The first-order valence-corrected chi connectivity index (χ1v) is 4.07. The zero-order valence-corrected chi connectivity index (χ0v) is 7.03. The van der Waals surface area contributed by atoms with Gasteiger partial charge in [-0.3, -0.25) is 4.98 Å². The van der Waals surface area contributed by atoms with Gasteiger partial charge in [0.05, 0.1) is 24.5 Å². The summed E-state index contributed by atoms with van der Waals surface area (Å²) in [5.41, 5.74) is 2.35. The molecule has 1 aromatic rings. The van der Waals surface area contributed by atoms with Gasteiger partial charge in [-0.15, -0.1) is 0 Å². The number of pyridine rings is 1. The minimum Gasteiger partial charge on any atom is -0.500 e. The first-order chi connectivity index (χ1) is 5.86. The van der Waals surface area contributed by atoms with E-state index in [0.29, 0.717) is 5.92 Å². The second-order valence-corrected chi connectivity index (χ2v) is 3.03. The third-order valence-corrected chi connectivity index (χ3v) is 2.00. The van der Waals surface area contributed by atoms with Gasteiger partial charge in [0.2, 0.25) is 0 Å². The van der Waals surface area contributed by atoms with Crippen molar-refractivity contribution in [2.45, 2.75) is 12.8 Å². The zero-order valence-electron chi connectivity index (χ0n) is 7.03. The van der Waals surface area contributed by atoms with E-state index in [1.54, 1.807) is 6.26 Å². The molecule has 2 heteroatoms. The molecule has 0 amide bonds. The second-order valence-electron chi connectivity index (χ2n) is 3.03. The van der Waals surface area contributed by atoms with E-state index in [-0.39, 0.29) is 0 Å². The lowest BCUT2D eigenvalue weighted by Crippen LogP contribution is -2.00. The molecule has 1 aliphatic heterocycles. The Morgan fingerprint density at radius 3 is 3.17 bits per heavy atom. The molecule has 62 valence electrons. The third kappa shape index (κ3) is 1.33. The SMILES string of the molecule is Cc1ccnc(C2C=COC2)c1. The van der Waals surface area contributed by atoms with Crippen LogP contribution >= 0.6 is 0 Å². The summed E-state index contributed by atoms with van der Waals surface area (Å²) in [6.07, 6.45) is 5.63. The number of hydrogen-bond acceptors (Lipinski definition) is 2. The fourth-order valence-electron chi connectivity index (χ4n) is 1.31. The summed E-state index contributed by atoms with van der Waals surface area (Å²) in [6, 6.07) is 4.10. The van der Waals surface area contributed by atoms with Crippen LogP contribution in [0.15, 0.2) is 30.7 Å². The minimum atomic E-state index is 0.352. The van der Waals surface area contributed by atoms with E-state index in [2.05, 4.69) is 18.0 Å². The summed E-state index contributed by atoms with van der Waals surface area (Å²) in [5.74, 6) is 0.352. The van der Waals surface area contributed by atoms with E-state index in [1.165, 1.54) is 5.56 Å². The lowest BCUT2D eigenvalue weighted by atomic mass is 10.1. The summed E-state index contributed by atoms with van der Waals surface area (Å²) in [7, 11) is 0. The molecule has 12 heavy (non-hydrogen) atoms. The van der Waals surface area contributed by atoms with E-state index in [4.69, 9.17) is 4.74 Å². The second kappa shape index (κ2) is 2.97. The highest BCUT2D eigenvalue weighted by molar-refractivity contribution is 5.22. The van der Waals surface area contributed by atoms with Crippen molar-refractivity contribution in [1.29, 1.82) is 0 Å². The maximum absolute atomic E-state index is 5.13. The smallest absolute Gasteiger partial charge is 0.0992 e. The Morgan fingerprint density at radius 2 is 2.50 bits per heavy atom. The monoisotopic (exact) mass is 161 g/mol. The first kappa shape index (κ1) is 7.35. The fourth-order valence-corrected chi connectivity index (χ4v) is 1.31. The predicted octanol–water partition coefficient (Wildman–Crippen LogP) is 2.02. The average Bonchev–Trinajstić information content (AvgIpc) is 2.56. The van der Waals surface area contributed by atoms with Crippen molar-refractivity contribution in [3.05, 3.63) is 41.9 Å². The van der Waals surface area contributed by atoms with Crippen LogP contribution in [0.3, 0.4) is 0 Å². The van der Waals surface area contributed by atoms with E-state index in [9.17, 15) is 0 Å². The lowest BCUT2D eigenvalue weighted by molar-refractivity contribution is 0.268. The van der Waals surface area contributed by atoms with Gasteiger partial charge in [0.15, 0.2) is 0 Å². The molecule has 1 aliphatic rings. The van der Waals surface area contributed by atoms with E-state index in [0.717, 1.165) is 12.3 Å². The summed E-state index contributed by atoms with van der Waals surface area (Å²) in [4.78, 5) is 4.29. The summed E-state index contributed by atoms with van der Waals surface area (Å²) >= 11 is 0. The fraction of sp³-hybridized carbons (Fsp3) is 0.300. The lowest BCUT2D eigenvalue weighted by Gasteiger charge is -2.05. The Labute approximate surface area is 71.9 Å². The first-order valence-electron chi connectivity index (χ1n) is 4.07.